The Balaban J connectivity index is 2.22. The number of halogens is 1. The Kier molecular flexibility index (Phi) is 3.17. The van der Waals surface area contributed by atoms with E-state index in [2.05, 4.69) is 13.8 Å². The highest BCUT2D eigenvalue weighted by Gasteiger charge is 2.55. The average molecular weight is 271 g/mol. The Bertz CT molecular complexity index is 448. The summed E-state index contributed by atoms with van der Waals surface area (Å²) in [6, 6.07) is 7.41. The van der Waals surface area contributed by atoms with Crippen LogP contribution < -0.4 is 0 Å². The van der Waals surface area contributed by atoms with E-state index in [-0.39, 0.29) is 5.41 Å². The first-order valence-electron chi connectivity index (χ1n) is 5.52. The quantitative estimate of drug-likeness (QED) is 0.899. The number of hydrogen-bond acceptors (Lipinski definition) is 2. The number of carboxylic acids is 1. The molecule has 0 heterocycles. The summed E-state index contributed by atoms with van der Waals surface area (Å²) >= 11 is 7.46. The van der Waals surface area contributed by atoms with Crippen LogP contribution in [0.3, 0.4) is 0 Å². The number of carbonyl (C=O) groups is 1. The minimum atomic E-state index is -0.734. The van der Waals surface area contributed by atoms with Gasteiger partial charge in [0.15, 0.2) is 0 Å². The fourth-order valence-corrected chi connectivity index (χ4v) is 4.50. The molecule has 1 N–H and O–H groups in total. The minimum Gasteiger partial charge on any atom is -0.480 e. The van der Waals surface area contributed by atoms with Gasteiger partial charge in [-0.2, -0.15) is 0 Å². The molecule has 1 aromatic rings. The predicted octanol–water partition coefficient (Wildman–Crippen LogP) is 4.08. The molecule has 0 atom stereocenters. The van der Waals surface area contributed by atoms with Gasteiger partial charge in [-0.3, -0.25) is 4.79 Å². The maximum atomic E-state index is 11.4. The molecule has 0 unspecified atom stereocenters. The van der Waals surface area contributed by atoms with E-state index in [1.807, 2.05) is 18.2 Å². The van der Waals surface area contributed by atoms with Crippen molar-refractivity contribution in [3.05, 3.63) is 29.3 Å². The first-order chi connectivity index (χ1) is 7.85. The highest BCUT2D eigenvalue weighted by Crippen LogP contribution is 2.58. The van der Waals surface area contributed by atoms with Crippen LogP contribution >= 0.6 is 23.4 Å². The third kappa shape index (κ3) is 2.45. The lowest BCUT2D eigenvalue weighted by molar-refractivity contribution is -0.145. The number of benzene rings is 1. The van der Waals surface area contributed by atoms with Crippen molar-refractivity contribution in [2.24, 2.45) is 5.41 Å². The molecule has 4 heteroatoms. The maximum Gasteiger partial charge on any atom is 0.320 e. The van der Waals surface area contributed by atoms with Crippen LogP contribution in [-0.2, 0) is 4.79 Å². The van der Waals surface area contributed by atoms with Crippen molar-refractivity contribution in [1.82, 2.24) is 0 Å². The Hall–Kier alpha value is -0.670. The molecule has 1 aromatic carbocycles. The molecular formula is C13H15ClO2S. The Morgan fingerprint density at radius 1 is 1.35 bits per heavy atom. The van der Waals surface area contributed by atoms with Gasteiger partial charge in [0.1, 0.15) is 4.75 Å². The standard InChI is InChI=1S/C13H15ClO2S/c1-12(2)7-13(8-12,11(15)16)17-10-6-4-3-5-9(10)14/h3-6H,7-8H2,1-2H3,(H,15,16). The fraction of sp³-hybridized carbons (Fsp3) is 0.462. The third-order valence-electron chi connectivity index (χ3n) is 3.06. The highest BCUT2D eigenvalue weighted by atomic mass is 35.5. The summed E-state index contributed by atoms with van der Waals surface area (Å²) in [4.78, 5) is 12.3. The lowest BCUT2D eigenvalue weighted by atomic mass is 9.64. The SMILES string of the molecule is CC1(C)CC(Sc2ccccc2Cl)(C(=O)O)C1. The topological polar surface area (TPSA) is 37.3 Å². The van der Waals surface area contributed by atoms with Crippen LogP contribution in [0.25, 0.3) is 0 Å². The van der Waals surface area contributed by atoms with E-state index in [1.165, 1.54) is 11.8 Å². The van der Waals surface area contributed by atoms with Crippen LogP contribution in [-0.4, -0.2) is 15.8 Å². The first-order valence-corrected chi connectivity index (χ1v) is 6.71. The first kappa shape index (κ1) is 12.8. The van der Waals surface area contributed by atoms with Crippen LogP contribution in [0.5, 0.6) is 0 Å². The van der Waals surface area contributed by atoms with Gasteiger partial charge in [-0.1, -0.05) is 37.6 Å². The Morgan fingerprint density at radius 2 is 1.94 bits per heavy atom. The highest BCUT2D eigenvalue weighted by molar-refractivity contribution is 8.01. The molecule has 2 rings (SSSR count). The van der Waals surface area contributed by atoms with Crippen molar-refractivity contribution in [3.8, 4) is 0 Å². The molecule has 0 spiro atoms. The van der Waals surface area contributed by atoms with Crippen molar-refractivity contribution in [2.45, 2.75) is 36.3 Å². The number of aliphatic carboxylic acids is 1. The van der Waals surface area contributed by atoms with E-state index in [0.717, 1.165) is 4.90 Å². The number of rotatable bonds is 3. The van der Waals surface area contributed by atoms with Gasteiger partial charge >= 0.3 is 5.97 Å². The van der Waals surface area contributed by atoms with Crippen LogP contribution in [0, 0.1) is 5.41 Å². The molecule has 92 valence electrons. The van der Waals surface area contributed by atoms with Crippen molar-refractivity contribution < 1.29 is 9.90 Å². The van der Waals surface area contributed by atoms with Gasteiger partial charge < -0.3 is 5.11 Å². The molecule has 0 aliphatic heterocycles. The van der Waals surface area contributed by atoms with Crippen molar-refractivity contribution >= 4 is 29.3 Å². The maximum absolute atomic E-state index is 11.4. The van der Waals surface area contributed by atoms with E-state index in [0.29, 0.717) is 17.9 Å². The predicted molar refractivity (Wildman–Crippen MR) is 70.7 cm³/mol. The lowest BCUT2D eigenvalue weighted by Crippen LogP contribution is -2.52. The Labute approximate surface area is 110 Å². The summed E-state index contributed by atoms with van der Waals surface area (Å²) in [7, 11) is 0. The molecule has 0 amide bonds. The van der Waals surface area contributed by atoms with Gasteiger partial charge in [0.2, 0.25) is 0 Å². The fourth-order valence-electron chi connectivity index (χ4n) is 2.50. The van der Waals surface area contributed by atoms with E-state index < -0.39 is 10.7 Å². The van der Waals surface area contributed by atoms with Gasteiger partial charge in [0, 0.05) is 4.90 Å². The van der Waals surface area contributed by atoms with Gasteiger partial charge in [-0.15, -0.1) is 11.8 Å². The second kappa shape index (κ2) is 4.21. The molecule has 0 radical (unpaired) electrons. The van der Waals surface area contributed by atoms with Crippen LogP contribution in [0.15, 0.2) is 29.2 Å². The third-order valence-corrected chi connectivity index (χ3v) is 4.93. The van der Waals surface area contributed by atoms with Gasteiger partial charge in [0.05, 0.1) is 5.02 Å². The number of hydrogen-bond donors (Lipinski definition) is 1. The lowest BCUT2D eigenvalue weighted by Gasteiger charge is -2.49. The van der Waals surface area contributed by atoms with Gasteiger partial charge in [0.25, 0.3) is 0 Å². The van der Waals surface area contributed by atoms with Crippen molar-refractivity contribution in [3.63, 3.8) is 0 Å². The molecule has 17 heavy (non-hydrogen) atoms. The van der Waals surface area contributed by atoms with Gasteiger partial charge in [-0.25, -0.2) is 0 Å². The molecule has 1 fully saturated rings. The normalized spacial score (nSPS) is 20.6. The molecule has 1 saturated carbocycles. The van der Waals surface area contributed by atoms with E-state index in [9.17, 15) is 9.90 Å². The van der Waals surface area contributed by atoms with Crippen LogP contribution in [0.1, 0.15) is 26.7 Å². The molecule has 2 nitrogen and oxygen atoms in total. The van der Waals surface area contributed by atoms with Crippen LogP contribution in [0.4, 0.5) is 0 Å². The smallest absolute Gasteiger partial charge is 0.320 e. The summed E-state index contributed by atoms with van der Waals surface area (Å²) in [5.41, 5.74) is 0.118. The zero-order chi connectivity index (χ0) is 12.7. The molecule has 1 aliphatic carbocycles. The second-order valence-electron chi connectivity index (χ2n) is 5.35. The molecule has 0 aromatic heterocycles. The summed E-state index contributed by atoms with van der Waals surface area (Å²) < 4.78 is -0.700. The summed E-state index contributed by atoms with van der Waals surface area (Å²) in [6.45, 7) is 4.20. The Morgan fingerprint density at radius 3 is 2.41 bits per heavy atom. The summed E-state index contributed by atoms with van der Waals surface area (Å²) in [5, 5.41) is 10.0. The molecule has 0 saturated heterocycles. The number of thioether (sulfide) groups is 1. The van der Waals surface area contributed by atoms with E-state index >= 15 is 0 Å². The second-order valence-corrected chi connectivity index (χ2v) is 7.18. The zero-order valence-corrected chi connectivity index (χ0v) is 11.4. The summed E-state index contributed by atoms with van der Waals surface area (Å²) in [5.74, 6) is -0.734. The minimum absolute atomic E-state index is 0.118. The van der Waals surface area contributed by atoms with Crippen molar-refractivity contribution in [1.29, 1.82) is 0 Å². The zero-order valence-electron chi connectivity index (χ0n) is 9.87. The molecule has 1 aliphatic rings. The van der Waals surface area contributed by atoms with Gasteiger partial charge in [-0.05, 0) is 30.4 Å². The molecule has 0 bridgehead atoms. The average Bonchev–Trinajstić information content (AvgIpc) is 2.18. The van der Waals surface area contributed by atoms with Crippen LogP contribution in [0.2, 0.25) is 5.02 Å². The van der Waals surface area contributed by atoms with Crippen molar-refractivity contribution in [2.75, 3.05) is 0 Å². The summed E-state index contributed by atoms with van der Waals surface area (Å²) in [6.07, 6.45) is 1.37. The largest absolute Gasteiger partial charge is 0.480 e. The monoisotopic (exact) mass is 270 g/mol. The number of carboxylic acid groups (broad SMARTS) is 1. The molecular weight excluding hydrogens is 256 g/mol. The van der Waals surface area contributed by atoms with E-state index in [4.69, 9.17) is 11.6 Å². The van der Waals surface area contributed by atoms with E-state index in [1.54, 1.807) is 6.07 Å².